The van der Waals surface area contributed by atoms with E-state index in [1.54, 1.807) is 24.3 Å². The van der Waals surface area contributed by atoms with Gasteiger partial charge in [-0.1, -0.05) is 47.5 Å². The second-order valence-electron chi connectivity index (χ2n) is 5.65. The average molecular weight is 361 g/mol. The number of hydrogen-bond acceptors (Lipinski definition) is 4. The van der Waals surface area contributed by atoms with Gasteiger partial charge in [0.2, 0.25) is 0 Å². The molecule has 1 aliphatic rings. The van der Waals surface area contributed by atoms with Crippen molar-refractivity contribution < 1.29 is 14.7 Å². The number of carbonyl (C=O) groups is 2. The van der Waals surface area contributed by atoms with Gasteiger partial charge in [0.1, 0.15) is 5.37 Å². The molecule has 2 aromatic rings. The van der Waals surface area contributed by atoms with Gasteiger partial charge >= 0.3 is 0 Å². The normalized spacial score (nSPS) is 20.2. The van der Waals surface area contributed by atoms with Crippen molar-refractivity contribution in [1.29, 1.82) is 0 Å². The summed E-state index contributed by atoms with van der Waals surface area (Å²) in [5, 5.41) is 11.6. The van der Waals surface area contributed by atoms with Crippen LogP contribution in [0.2, 0.25) is 5.02 Å². The number of benzene rings is 2. The van der Waals surface area contributed by atoms with Crippen LogP contribution in [0, 0.1) is 6.92 Å². The van der Waals surface area contributed by atoms with E-state index in [9.17, 15) is 14.7 Å². The van der Waals surface area contributed by atoms with Crippen LogP contribution in [0.25, 0.3) is 0 Å². The summed E-state index contributed by atoms with van der Waals surface area (Å²) in [5.41, 5.74) is 2.36. The number of nitrogens with zero attached hydrogens (tertiary/aromatic N) is 1. The Hall–Kier alpha value is -1.98. The molecule has 24 heavy (non-hydrogen) atoms. The van der Waals surface area contributed by atoms with Crippen molar-refractivity contribution in [2.75, 3.05) is 5.75 Å². The number of hydrogen-bond donors (Lipinski definition) is 0. The Kier molecular flexibility index (Phi) is 4.83. The minimum Gasteiger partial charge on any atom is -0.548 e. The Balaban J connectivity index is 1.99. The van der Waals surface area contributed by atoms with Crippen LogP contribution in [-0.4, -0.2) is 28.6 Å². The third-order valence-electron chi connectivity index (χ3n) is 3.94. The maximum Gasteiger partial charge on any atom is 0.255 e. The van der Waals surface area contributed by atoms with Crippen LogP contribution >= 0.6 is 23.4 Å². The van der Waals surface area contributed by atoms with Crippen molar-refractivity contribution in [3.63, 3.8) is 0 Å². The fourth-order valence-corrected chi connectivity index (χ4v) is 4.30. The fourth-order valence-electron chi connectivity index (χ4n) is 2.69. The summed E-state index contributed by atoms with van der Waals surface area (Å²) in [6, 6.07) is 13.3. The minimum atomic E-state index is -1.24. The summed E-state index contributed by atoms with van der Waals surface area (Å²) < 4.78 is 0. The Morgan fingerprint density at radius 1 is 1.21 bits per heavy atom. The number of aliphatic carboxylic acids is 1. The van der Waals surface area contributed by atoms with Gasteiger partial charge < -0.3 is 14.8 Å². The highest BCUT2D eigenvalue weighted by Gasteiger charge is 2.39. The van der Waals surface area contributed by atoms with Crippen molar-refractivity contribution in [2.24, 2.45) is 0 Å². The highest BCUT2D eigenvalue weighted by molar-refractivity contribution is 7.99. The van der Waals surface area contributed by atoms with E-state index < -0.39 is 12.0 Å². The van der Waals surface area contributed by atoms with Crippen molar-refractivity contribution in [3.8, 4) is 0 Å². The third kappa shape index (κ3) is 3.28. The number of carboxylic acid groups (broad SMARTS) is 1. The number of carboxylic acids is 1. The predicted octanol–water partition coefficient (Wildman–Crippen LogP) is 2.65. The molecule has 0 N–H and O–H groups in total. The fraction of sp³-hybridized carbons (Fsp3) is 0.222. The lowest BCUT2D eigenvalue weighted by Gasteiger charge is -2.30. The van der Waals surface area contributed by atoms with Crippen molar-refractivity contribution >= 4 is 35.2 Å². The maximum absolute atomic E-state index is 12.9. The van der Waals surface area contributed by atoms with Gasteiger partial charge in [-0.25, -0.2) is 0 Å². The van der Waals surface area contributed by atoms with E-state index >= 15 is 0 Å². The predicted molar refractivity (Wildman–Crippen MR) is 92.8 cm³/mol. The Labute approximate surface area is 149 Å². The van der Waals surface area contributed by atoms with Gasteiger partial charge in [0.05, 0.1) is 12.0 Å². The highest BCUT2D eigenvalue weighted by atomic mass is 35.5. The summed E-state index contributed by atoms with van der Waals surface area (Å²) in [6.45, 7) is 1.98. The zero-order valence-corrected chi connectivity index (χ0v) is 14.5. The molecule has 0 radical (unpaired) electrons. The molecule has 0 unspecified atom stereocenters. The monoisotopic (exact) mass is 360 g/mol. The second-order valence-corrected chi connectivity index (χ2v) is 7.20. The number of rotatable bonds is 3. The van der Waals surface area contributed by atoms with Gasteiger partial charge in [-0.05, 0) is 30.7 Å². The molecule has 0 spiro atoms. The third-order valence-corrected chi connectivity index (χ3v) is 5.50. The van der Waals surface area contributed by atoms with E-state index in [1.807, 2.05) is 31.2 Å². The van der Waals surface area contributed by atoms with Crippen LogP contribution in [0.1, 0.15) is 26.9 Å². The first-order valence-electron chi connectivity index (χ1n) is 7.44. The minimum absolute atomic E-state index is 0.299. The smallest absolute Gasteiger partial charge is 0.255 e. The second kappa shape index (κ2) is 6.87. The lowest BCUT2D eigenvalue weighted by Crippen LogP contribution is -2.49. The van der Waals surface area contributed by atoms with Crippen LogP contribution in [0.5, 0.6) is 0 Å². The largest absolute Gasteiger partial charge is 0.548 e. The van der Waals surface area contributed by atoms with E-state index in [0.29, 0.717) is 16.3 Å². The van der Waals surface area contributed by atoms with Crippen molar-refractivity contribution in [2.45, 2.75) is 18.3 Å². The molecule has 0 aliphatic carbocycles. The number of carbonyl (C=O) groups excluding carboxylic acids is 2. The average Bonchev–Trinajstić information content (AvgIpc) is 3.00. The molecule has 2 aromatic carbocycles. The van der Waals surface area contributed by atoms with Crippen LogP contribution < -0.4 is 5.11 Å². The molecule has 4 nitrogen and oxygen atoms in total. The van der Waals surface area contributed by atoms with E-state index in [1.165, 1.54) is 16.7 Å². The van der Waals surface area contributed by atoms with Crippen LogP contribution in [0.4, 0.5) is 0 Å². The van der Waals surface area contributed by atoms with Gasteiger partial charge in [0.15, 0.2) is 0 Å². The standard InChI is InChI=1S/C18H16ClNO3S/c1-11-5-7-12(8-6-11)17-20(15(10-24-17)18(22)23)16(21)13-3-2-4-14(19)9-13/h2-9,15,17H,10H2,1H3,(H,22,23)/p-1/t15-,17+/m0/s1. The number of aryl methyl sites for hydroxylation is 1. The Morgan fingerprint density at radius 2 is 1.92 bits per heavy atom. The van der Waals surface area contributed by atoms with Gasteiger partial charge in [-0.3, -0.25) is 4.79 Å². The lowest BCUT2D eigenvalue weighted by molar-refractivity contribution is -0.310. The topological polar surface area (TPSA) is 60.4 Å². The summed E-state index contributed by atoms with van der Waals surface area (Å²) >= 11 is 7.39. The number of thioether (sulfide) groups is 1. The zero-order chi connectivity index (χ0) is 17.3. The molecule has 1 heterocycles. The van der Waals surface area contributed by atoms with Crippen LogP contribution in [0.3, 0.4) is 0 Å². The first-order chi connectivity index (χ1) is 11.5. The van der Waals surface area contributed by atoms with E-state index in [4.69, 9.17) is 11.6 Å². The first kappa shape index (κ1) is 16.9. The maximum atomic E-state index is 12.9. The van der Waals surface area contributed by atoms with Gasteiger partial charge in [-0.2, -0.15) is 0 Å². The van der Waals surface area contributed by atoms with E-state index in [-0.39, 0.29) is 11.3 Å². The molecule has 0 saturated carbocycles. The number of halogens is 1. The van der Waals surface area contributed by atoms with Gasteiger partial charge in [0.25, 0.3) is 5.91 Å². The molecular weight excluding hydrogens is 346 g/mol. The van der Waals surface area contributed by atoms with E-state index in [2.05, 4.69) is 0 Å². The first-order valence-corrected chi connectivity index (χ1v) is 8.87. The quantitative estimate of drug-likeness (QED) is 0.844. The Bertz CT molecular complexity index is 778. The summed E-state index contributed by atoms with van der Waals surface area (Å²) in [4.78, 5) is 25.8. The molecule has 1 saturated heterocycles. The molecule has 1 amide bonds. The zero-order valence-electron chi connectivity index (χ0n) is 12.9. The highest BCUT2D eigenvalue weighted by Crippen LogP contribution is 2.42. The van der Waals surface area contributed by atoms with Crippen LogP contribution in [-0.2, 0) is 4.79 Å². The molecular formula is C18H15ClNO3S-. The van der Waals surface area contributed by atoms with Crippen molar-refractivity contribution in [3.05, 3.63) is 70.2 Å². The molecule has 0 aromatic heterocycles. The van der Waals surface area contributed by atoms with E-state index in [0.717, 1.165) is 11.1 Å². The summed E-state index contributed by atoms with van der Waals surface area (Å²) in [7, 11) is 0. The molecule has 0 bridgehead atoms. The molecule has 1 aliphatic heterocycles. The molecule has 6 heteroatoms. The SMILES string of the molecule is Cc1ccc([C@H]2SC[C@@H](C(=O)[O-])N2C(=O)c2cccc(Cl)c2)cc1. The number of amides is 1. The molecule has 1 fully saturated rings. The lowest BCUT2D eigenvalue weighted by atomic mass is 10.1. The van der Waals surface area contributed by atoms with Gasteiger partial charge in [0, 0.05) is 16.3 Å². The molecule has 124 valence electrons. The van der Waals surface area contributed by atoms with Crippen LogP contribution in [0.15, 0.2) is 48.5 Å². The summed E-state index contributed by atoms with van der Waals surface area (Å²) in [6.07, 6.45) is 0. The van der Waals surface area contributed by atoms with Crippen molar-refractivity contribution in [1.82, 2.24) is 4.90 Å². The van der Waals surface area contributed by atoms with Gasteiger partial charge in [-0.15, -0.1) is 11.8 Å². The Morgan fingerprint density at radius 3 is 2.54 bits per heavy atom. The molecule has 3 rings (SSSR count). The summed E-state index contributed by atoms with van der Waals surface area (Å²) in [5.74, 6) is -1.30. The molecule has 2 atom stereocenters.